The summed E-state index contributed by atoms with van der Waals surface area (Å²) in [4.78, 5) is 2.61. The highest BCUT2D eigenvalue weighted by Crippen LogP contribution is 2.25. The molecule has 0 aliphatic carbocycles. The van der Waals surface area contributed by atoms with Gasteiger partial charge in [0.15, 0.2) is 0 Å². The minimum Gasteiger partial charge on any atom is -0.389 e. The molecular weight excluding hydrogens is 288 g/mol. The van der Waals surface area contributed by atoms with Crippen LogP contribution in [-0.4, -0.2) is 11.5 Å². The minimum atomic E-state index is 0.369. The van der Waals surface area contributed by atoms with E-state index in [2.05, 4.69) is 24.0 Å². The van der Waals surface area contributed by atoms with Gasteiger partial charge in [0.25, 0.3) is 0 Å². The van der Waals surface area contributed by atoms with Gasteiger partial charge >= 0.3 is 0 Å². The first-order valence-corrected chi connectivity index (χ1v) is 7.28. The molecule has 4 heteroatoms. The van der Waals surface area contributed by atoms with Gasteiger partial charge in [0.2, 0.25) is 0 Å². The maximum Gasteiger partial charge on any atom is 0.106 e. The molecule has 2 aromatic rings. The molecule has 0 atom stereocenters. The van der Waals surface area contributed by atoms with Crippen LogP contribution in [0.15, 0.2) is 48.5 Å². The smallest absolute Gasteiger partial charge is 0.106 e. The second-order valence-electron chi connectivity index (χ2n) is 4.53. The van der Waals surface area contributed by atoms with Crippen molar-refractivity contribution in [3.63, 3.8) is 0 Å². The highest BCUT2D eigenvalue weighted by Gasteiger charge is 2.12. The Labute approximate surface area is 130 Å². The van der Waals surface area contributed by atoms with E-state index in [4.69, 9.17) is 29.6 Å². The van der Waals surface area contributed by atoms with Crippen LogP contribution in [0.25, 0.3) is 0 Å². The first-order chi connectivity index (χ1) is 9.61. The zero-order valence-electron chi connectivity index (χ0n) is 11.3. The molecule has 2 aromatic carbocycles. The van der Waals surface area contributed by atoms with Crippen LogP contribution in [0.5, 0.6) is 0 Å². The highest BCUT2D eigenvalue weighted by atomic mass is 35.5. The van der Waals surface area contributed by atoms with Gasteiger partial charge in [-0.05, 0) is 30.7 Å². The molecule has 104 valence electrons. The summed E-state index contributed by atoms with van der Waals surface area (Å²) in [7, 11) is 0. The van der Waals surface area contributed by atoms with E-state index in [0.29, 0.717) is 10.0 Å². The van der Waals surface area contributed by atoms with Crippen LogP contribution in [0.3, 0.4) is 0 Å². The van der Waals surface area contributed by atoms with Crippen LogP contribution in [-0.2, 0) is 6.54 Å². The van der Waals surface area contributed by atoms with Crippen molar-refractivity contribution < 1.29 is 0 Å². The average molecular weight is 305 g/mol. The minimum absolute atomic E-state index is 0.369. The van der Waals surface area contributed by atoms with Gasteiger partial charge in [0, 0.05) is 29.4 Å². The predicted octanol–water partition coefficient (Wildman–Crippen LogP) is 4.00. The largest absolute Gasteiger partial charge is 0.389 e. The molecule has 20 heavy (non-hydrogen) atoms. The summed E-state index contributed by atoms with van der Waals surface area (Å²) in [6.07, 6.45) is 0. The Morgan fingerprint density at radius 3 is 2.50 bits per heavy atom. The molecule has 0 aromatic heterocycles. The third kappa shape index (κ3) is 3.50. The van der Waals surface area contributed by atoms with Gasteiger partial charge in [-0.3, -0.25) is 0 Å². The molecule has 0 spiro atoms. The SMILES string of the molecule is CCN(Cc1ccccc1)c1ccc(Cl)cc1C(N)=S. The molecule has 0 bridgehead atoms. The van der Waals surface area contributed by atoms with Crippen molar-refractivity contribution in [2.24, 2.45) is 5.73 Å². The maximum absolute atomic E-state index is 6.04. The molecular formula is C16H17ClN2S. The Kier molecular flexibility index (Phi) is 4.99. The third-order valence-electron chi connectivity index (χ3n) is 3.16. The Morgan fingerprint density at radius 2 is 1.90 bits per heavy atom. The molecule has 0 radical (unpaired) electrons. The Morgan fingerprint density at radius 1 is 1.20 bits per heavy atom. The lowest BCUT2D eigenvalue weighted by molar-refractivity contribution is 0.831. The van der Waals surface area contributed by atoms with E-state index < -0.39 is 0 Å². The summed E-state index contributed by atoms with van der Waals surface area (Å²) in [5, 5.41) is 0.646. The monoisotopic (exact) mass is 304 g/mol. The van der Waals surface area contributed by atoms with Crippen molar-refractivity contribution in [3.05, 3.63) is 64.7 Å². The standard InChI is InChI=1S/C16H17ClN2S/c1-2-19(11-12-6-4-3-5-7-12)15-9-8-13(17)10-14(15)16(18)20/h3-10H,2,11H2,1H3,(H2,18,20). The van der Waals surface area contributed by atoms with Crippen LogP contribution in [0, 0.1) is 0 Å². The first kappa shape index (κ1) is 14.8. The number of thiocarbonyl (C=S) groups is 1. The number of anilines is 1. The van der Waals surface area contributed by atoms with Crippen molar-refractivity contribution >= 4 is 34.5 Å². The van der Waals surface area contributed by atoms with E-state index in [1.165, 1.54) is 5.56 Å². The van der Waals surface area contributed by atoms with E-state index in [-0.39, 0.29) is 0 Å². The second kappa shape index (κ2) is 6.73. The van der Waals surface area contributed by atoms with Crippen LogP contribution < -0.4 is 10.6 Å². The fourth-order valence-corrected chi connectivity index (χ4v) is 2.49. The highest BCUT2D eigenvalue weighted by molar-refractivity contribution is 7.80. The molecule has 0 unspecified atom stereocenters. The maximum atomic E-state index is 6.04. The van der Waals surface area contributed by atoms with Crippen molar-refractivity contribution in [2.45, 2.75) is 13.5 Å². The normalized spacial score (nSPS) is 10.3. The Bertz CT molecular complexity index is 599. The van der Waals surface area contributed by atoms with Crippen molar-refractivity contribution in [2.75, 3.05) is 11.4 Å². The van der Waals surface area contributed by atoms with E-state index in [9.17, 15) is 0 Å². The summed E-state index contributed by atoms with van der Waals surface area (Å²) in [6, 6.07) is 16.0. The number of halogens is 1. The number of hydrogen-bond donors (Lipinski definition) is 1. The fraction of sp³-hybridized carbons (Fsp3) is 0.188. The number of rotatable bonds is 5. The molecule has 0 saturated heterocycles. The predicted molar refractivity (Wildman–Crippen MR) is 90.5 cm³/mol. The summed E-state index contributed by atoms with van der Waals surface area (Å²) in [6.45, 7) is 3.79. The molecule has 2 rings (SSSR count). The average Bonchev–Trinajstić information content (AvgIpc) is 2.46. The lowest BCUT2D eigenvalue weighted by Crippen LogP contribution is -2.25. The molecule has 0 aliphatic heterocycles. The molecule has 0 fully saturated rings. The van der Waals surface area contributed by atoms with Gasteiger partial charge < -0.3 is 10.6 Å². The van der Waals surface area contributed by atoms with Gasteiger partial charge in [0.05, 0.1) is 0 Å². The van der Waals surface area contributed by atoms with Crippen LogP contribution >= 0.6 is 23.8 Å². The van der Waals surface area contributed by atoms with Gasteiger partial charge in [-0.1, -0.05) is 54.2 Å². The fourth-order valence-electron chi connectivity index (χ4n) is 2.15. The topological polar surface area (TPSA) is 29.3 Å². The van der Waals surface area contributed by atoms with E-state index in [1.54, 1.807) is 0 Å². The third-order valence-corrected chi connectivity index (χ3v) is 3.62. The Hall–Kier alpha value is -1.58. The summed E-state index contributed by atoms with van der Waals surface area (Å²) in [5.74, 6) is 0. The van der Waals surface area contributed by atoms with Crippen molar-refractivity contribution in [1.82, 2.24) is 0 Å². The molecule has 0 aliphatic rings. The summed E-state index contributed by atoms with van der Waals surface area (Å²) >= 11 is 11.2. The lowest BCUT2D eigenvalue weighted by atomic mass is 10.1. The quantitative estimate of drug-likeness (QED) is 0.847. The first-order valence-electron chi connectivity index (χ1n) is 6.50. The van der Waals surface area contributed by atoms with Crippen LogP contribution in [0.1, 0.15) is 18.1 Å². The van der Waals surface area contributed by atoms with Gasteiger partial charge in [0.1, 0.15) is 4.99 Å². The zero-order chi connectivity index (χ0) is 14.5. The van der Waals surface area contributed by atoms with E-state index >= 15 is 0 Å². The van der Waals surface area contributed by atoms with Gasteiger partial charge in [-0.25, -0.2) is 0 Å². The lowest BCUT2D eigenvalue weighted by Gasteiger charge is -2.25. The molecule has 2 N–H and O–H groups in total. The van der Waals surface area contributed by atoms with Crippen molar-refractivity contribution in [3.8, 4) is 0 Å². The number of nitrogens with zero attached hydrogens (tertiary/aromatic N) is 1. The van der Waals surface area contributed by atoms with Gasteiger partial charge in [-0.2, -0.15) is 0 Å². The van der Waals surface area contributed by atoms with E-state index in [1.807, 2.05) is 36.4 Å². The zero-order valence-corrected chi connectivity index (χ0v) is 12.9. The van der Waals surface area contributed by atoms with Gasteiger partial charge in [-0.15, -0.1) is 0 Å². The summed E-state index contributed by atoms with van der Waals surface area (Å²) in [5.41, 5.74) is 8.91. The van der Waals surface area contributed by atoms with Crippen molar-refractivity contribution in [1.29, 1.82) is 0 Å². The number of benzene rings is 2. The molecule has 2 nitrogen and oxygen atoms in total. The molecule has 0 saturated carbocycles. The van der Waals surface area contributed by atoms with Crippen LogP contribution in [0.2, 0.25) is 5.02 Å². The number of hydrogen-bond acceptors (Lipinski definition) is 2. The molecule has 0 amide bonds. The Balaban J connectivity index is 2.34. The van der Waals surface area contributed by atoms with Crippen LogP contribution in [0.4, 0.5) is 5.69 Å². The number of nitrogens with two attached hydrogens (primary N) is 1. The summed E-state index contributed by atoms with van der Waals surface area (Å²) < 4.78 is 0. The van der Waals surface area contributed by atoms with E-state index in [0.717, 1.165) is 24.3 Å². The molecule has 0 heterocycles. The second-order valence-corrected chi connectivity index (χ2v) is 5.40.